The summed E-state index contributed by atoms with van der Waals surface area (Å²) in [6.07, 6.45) is 11.6. The lowest BCUT2D eigenvalue weighted by Crippen LogP contribution is -2.43. The average molecular weight is 1160 g/mol. The Hall–Kier alpha value is -6.69. The third-order valence-corrected chi connectivity index (χ3v) is 15.6. The first kappa shape index (κ1) is 59.4. The summed E-state index contributed by atoms with van der Waals surface area (Å²) in [6, 6.07) is 14.4. The van der Waals surface area contributed by atoms with Gasteiger partial charge in [0.25, 0.3) is 0 Å². The van der Waals surface area contributed by atoms with E-state index in [1.807, 2.05) is 53.7 Å². The van der Waals surface area contributed by atoms with Crippen LogP contribution in [0.3, 0.4) is 0 Å². The van der Waals surface area contributed by atoms with E-state index in [1.54, 1.807) is 24.3 Å². The molecule has 2 atom stereocenters. The highest BCUT2D eigenvalue weighted by molar-refractivity contribution is 7.88. The van der Waals surface area contributed by atoms with Crippen LogP contribution in [-0.2, 0) is 55.4 Å². The van der Waals surface area contributed by atoms with Gasteiger partial charge in [0.15, 0.2) is 12.1 Å². The Kier molecular flexibility index (Phi) is 17.1. The maximum atomic E-state index is 14.1. The zero-order valence-electron chi connectivity index (χ0n) is 44.4. The molecule has 2 aromatic carbocycles. The van der Waals surface area contributed by atoms with E-state index < -0.39 is 54.6 Å². The smallest absolute Gasteiger partial charge is 0.355 e. The van der Waals surface area contributed by atoms with E-state index in [2.05, 4.69) is 25.3 Å². The number of aldehydes is 1. The Morgan fingerprint density at radius 1 is 0.662 bits per heavy atom. The van der Waals surface area contributed by atoms with Crippen LogP contribution in [0.5, 0.6) is 11.8 Å². The number of hydrogen-bond donors (Lipinski definition) is 0. The van der Waals surface area contributed by atoms with Crippen LogP contribution in [0.4, 0.5) is 35.1 Å². The molecule has 0 unspecified atom stereocenters. The van der Waals surface area contributed by atoms with Gasteiger partial charge in [-0.3, -0.25) is 14.8 Å². The molecule has 0 spiro atoms. The van der Waals surface area contributed by atoms with Crippen molar-refractivity contribution in [2.45, 2.75) is 141 Å². The predicted octanol–water partition coefficient (Wildman–Crippen LogP) is 13.7. The molecule has 9 rings (SSSR count). The molecule has 6 aromatic rings. The number of alkyl halides is 6. The largest absolute Gasteiger partial charge is 0.534 e. The predicted molar refractivity (Wildman–Crippen MR) is 282 cm³/mol. The number of halogens is 8. The molecule has 1 aliphatic heterocycles. The van der Waals surface area contributed by atoms with Gasteiger partial charge in [0.1, 0.15) is 11.6 Å². The van der Waals surface area contributed by atoms with E-state index in [4.69, 9.17) is 19.4 Å². The number of ether oxygens (including phenoxy) is 2. The molecular weight excluding hydrogens is 1100 g/mol. The highest BCUT2D eigenvalue weighted by Crippen LogP contribution is 2.45. The van der Waals surface area contributed by atoms with Crippen molar-refractivity contribution in [1.29, 1.82) is 0 Å². The second kappa shape index (κ2) is 23.0. The van der Waals surface area contributed by atoms with Crippen molar-refractivity contribution in [2.24, 2.45) is 0 Å². The molecule has 1 saturated heterocycles. The summed E-state index contributed by atoms with van der Waals surface area (Å²) in [5.41, 5.74) is -0.942. The average Bonchev–Trinajstić information content (AvgIpc) is 3.72. The van der Waals surface area contributed by atoms with Crippen molar-refractivity contribution < 1.29 is 74.6 Å². The van der Waals surface area contributed by atoms with Crippen LogP contribution in [0.2, 0.25) is 0 Å². The number of carbonyl (C=O) groups is 1. The van der Waals surface area contributed by atoms with Gasteiger partial charge in [0.05, 0.1) is 35.0 Å². The van der Waals surface area contributed by atoms with Crippen LogP contribution >= 0.6 is 0 Å². The molecule has 0 bridgehead atoms. The molecule has 0 saturated carbocycles. The maximum absolute atomic E-state index is 14.1. The molecule has 426 valence electrons. The van der Waals surface area contributed by atoms with Gasteiger partial charge in [-0.25, -0.2) is 18.7 Å². The first-order valence-corrected chi connectivity index (χ1v) is 28.5. The second-order valence-electron chi connectivity index (χ2n) is 20.5. The van der Waals surface area contributed by atoms with Crippen molar-refractivity contribution in [3.8, 4) is 56.5 Å². The third kappa shape index (κ3) is 12.7. The Morgan fingerprint density at radius 2 is 1.09 bits per heavy atom. The van der Waals surface area contributed by atoms with Crippen LogP contribution in [0.15, 0.2) is 79.1 Å². The fourth-order valence-corrected chi connectivity index (χ4v) is 11.0. The minimum absolute atomic E-state index is 0.0405. The second-order valence-corrected chi connectivity index (χ2v) is 23.6. The number of aryl methyl sites for hydroxylation is 2. The third-order valence-electron chi connectivity index (χ3n) is 13.7. The van der Waals surface area contributed by atoms with Crippen molar-refractivity contribution >= 4 is 32.6 Å². The summed E-state index contributed by atoms with van der Waals surface area (Å²) in [6.45, 7) is 13.6. The molecular formula is C57H56F8N4O9S2. The summed E-state index contributed by atoms with van der Waals surface area (Å²) in [7, 11) is -11.7. The first-order valence-electron chi connectivity index (χ1n) is 25.7. The van der Waals surface area contributed by atoms with Crippen LogP contribution in [0.25, 0.3) is 50.8 Å². The molecule has 1 fully saturated rings. The highest BCUT2D eigenvalue weighted by atomic mass is 32.2. The van der Waals surface area contributed by atoms with Gasteiger partial charge in [0.2, 0.25) is 11.8 Å². The minimum Gasteiger partial charge on any atom is -0.355 e. The Morgan fingerprint density at radius 3 is 1.49 bits per heavy atom. The van der Waals surface area contributed by atoms with E-state index >= 15 is 0 Å². The number of rotatable bonds is 12. The standard InChI is InChI=1S/C33H36F4N2O5S.C24H20F4N2O4S/c1-6-23-17-24(43-32(4,5)42-23)14-15-26-29(20-10-12-22(34)13-11-20)25-9-7-8-21-16-28(44-45(40,41)33(35,36)37)38-18-27(21)31(25)39-30(26)19(2)3;1-13(2)22-19(12-31)21(14-6-8-16(25)9-7-14)17-5-3-4-15-10-20(29-11-18(15)23(17)30-22)34-35(32,33)24(26,27)28/h10-16,18-19,23-24H,6-9,17H2,1-5H3;6-13H,3-5H2,1-2H3/b15-14+;/t23-,24+;/m0./s1. The monoisotopic (exact) mass is 1160 g/mol. The molecule has 0 N–H and O–H groups in total. The van der Waals surface area contributed by atoms with E-state index in [9.17, 15) is 56.8 Å². The van der Waals surface area contributed by atoms with Gasteiger partial charge < -0.3 is 17.8 Å². The number of hydrogen-bond acceptors (Lipinski definition) is 13. The summed E-state index contributed by atoms with van der Waals surface area (Å²) < 4.78 is 172. The van der Waals surface area contributed by atoms with Crippen LogP contribution in [0.1, 0.15) is 136 Å². The van der Waals surface area contributed by atoms with Crippen molar-refractivity contribution in [1.82, 2.24) is 19.9 Å². The lowest BCUT2D eigenvalue weighted by atomic mass is 9.86. The molecule has 3 aliphatic rings. The van der Waals surface area contributed by atoms with E-state index in [1.165, 1.54) is 42.7 Å². The number of pyridine rings is 4. The van der Waals surface area contributed by atoms with E-state index in [-0.39, 0.29) is 29.9 Å². The summed E-state index contributed by atoms with van der Waals surface area (Å²) in [5, 5.41) is 0. The summed E-state index contributed by atoms with van der Waals surface area (Å²) in [5.74, 6) is -3.12. The highest BCUT2D eigenvalue weighted by Gasteiger charge is 2.50. The molecule has 0 amide bonds. The Bertz CT molecular complexity index is 3570. The van der Waals surface area contributed by atoms with Crippen LogP contribution in [-0.4, -0.2) is 72.1 Å². The summed E-state index contributed by atoms with van der Waals surface area (Å²) >= 11 is 0. The number of fused-ring (bicyclic) bond motifs is 6. The van der Waals surface area contributed by atoms with Crippen molar-refractivity contribution in [3.05, 3.63) is 136 Å². The molecule has 5 heterocycles. The molecule has 4 aromatic heterocycles. The normalized spacial score (nSPS) is 17.3. The van der Waals surface area contributed by atoms with Gasteiger partial charge in [-0.15, -0.1) is 0 Å². The maximum Gasteiger partial charge on any atom is 0.534 e. The van der Waals surface area contributed by atoms with Crippen molar-refractivity contribution in [3.63, 3.8) is 0 Å². The minimum atomic E-state index is -5.88. The zero-order valence-corrected chi connectivity index (χ0v) is 46.1. The van der Waals surface area contributed by atoms with Gasteiger partial charge in [-0.2, -0.15) is 43.2 Å². The van der Waals surface area contributed by atoms with E-state index in [0.29, 0.717) is 101 Å². The molecule has 23 heteroatoms. The van der Waals surface area contributed by atoms with Crippen molar-refractivity contribution in [2.75, 3.05) is 0 Å². The topological polar surface area (TPSA) is 174 Å². The van der Waals surface area contributed by atoms with Crippen LogP contribution < -0.4 is 8.37 Å². The van der Waals surface area contributed by atoms with Gasteiger partial charge in [-0.1, -0.05) is 71.0 Å². The summed E-state index contributed by atoms with van der Waals surface area (Å²) in [4.78, 5) is 29.8. The molecule has 80 heavy (non-hydrogen) atoms. The number of aromatic nitrogens is 4. The zero-order chi connectivity index (χ0) is 58.3. The first-order chi connectivity index (χ1) is 37.5. The SMILES string of the molecule is CC(C)c1nc2c(c(-c3ccc(F)cc3)c1C=O)CCCc1cc(OS(=O)(=O)C(F)(F)F)ncc1-2.CC[C@H]1C[C@@H](/C=C/c2c(C(C)C)nc3c(c2-c2ccc(F)cc2)CCCc2cc(OS(=O)(=O)C(F)(F)F)ncc2-3)OC(C)(C)O1. The van der Waals surface area contributed by atoms with Gasteiger partial charge >= 0.3 is 31.3 Å². The van der Waals surface area contributed by atoms with Gasteiger partial charge in [-0.05, 0) is 139 Å². The quantitative estimate of drug-likeness (QED) is 0.0490. The van der Waals surface area contributed by atoms with E-state index in [0.717, 1.165) is 52.3 Å². The molecule has 2 aliphatic carbocycles. The van der Waals surface area contributed by atoms with Crippen LogP contribution in [0, 0.1) is 11.6 Å². The Labute approximate surface area is 458 Å². The molecule has 13 nitrogen and oxygen atoms in total. The Balaban J connectivity index is 0.000000217. The number of benzene rings is 2. The van der Waals surface area contributed by atoms with Gasteiger partial charge in [0, 0.05) is 53.2 Å². The fraction of sp³-hybridized carbons (Fsp3) is 0.386. The number of nitrogens with zero attached hydrogens (tertiary/aromatic N) is 4. The lowest BCUT2D eigenvalue weighted by molar-refractivity contribution is -0.290. The fourth-order valence-electron chi connectivity index (χ4n) is 10.1. The molecule has 0 radical (unpaired) electrons. The number of carbonyl (C=O) groups excluding carboxylic acids is 1. The lowest BCUT2D eigenvalue weighted by Gasteiger charge is -2.39.